The van der Waals surface area contributed by atoms with Crippen molar-refractivity contribution in [1.29, 1.82) is 0 Å². The first-order valence-corrected chi connectivity index (χ1v) is 5.73. The van der Waals surface area contributed by atoms with Gasteiger partial charge in [-0.2, -0.15) is 0 Å². The van der Waals surface area contributed by atoms with E-state index in [9.17, 15) is 9.90 Å². The third kappa shape index (κ3) is 4.97. The molecule has 0 bridgehead atoms. The molecule has 1 aromatic rings. The second kappa shape index (κ2) is 7.04. The number of carbonyl (C=O) groups is 1. The lowest BCUT2D eigenvalue weighted by Gasteiger charge is -2.17. The van der Waals surface area contributed by atoms with Gasteiger partial charge in [0.15, 0.2) is 0 Å². The number of nitrogens with one attached hydrogen (secondary N) is 1. The van der Waals surface area contributed by atoms with Crippen LogP contribution in [0.2, 0.25) is 0 Å². The largest absolute Gasteiger partial charge is 0.394 e. The number of rotatable bonds is 6. The Balaban J connectivity index is 2.50. The van der Waals surface area contributed by atoms with Crippen molar-refractivity contribution in [3.63, 3.8) is 0 Å². The number of aliphatic hydroxyl groups excluding tert-OH is 1. The van der Waals surface area contributed by atoms with E-state index in [0.29, 0.717) is 13.0 Å². The van der Waals surface area contributed by atoms with Gasteiger partial charge in [0.2, 0.25) is 5.91 Å². The Morgan fingerprint density at radius 2 is 2.00 bits per heavy atom. The van der Waals surface area contributed by atoms with E-state index in [1.807, 2.05) is 49.3 Å². The molecule has 0 aliphatic carbocycles. The summed E-state index contributed by atoms with van der Waals surface area (Å²) in [5.74, 6) is -0.0402. The van der Waals surface area contributed by atoms with Crippen LogP contribution in [0.1, 0.15) is 18.0 Å². The van der Waals surface area contributed by atoms with Crippen molar-refractivity contribution in [2.24, 2.45) is 0 Å². The third-order valence-corrected chi connectivity index (χ3v) is 2.51. The molecular weight excluding hydrogens is 216 g/mol. The summed E-state index contributed by atoms with van der Waals surface area (Å²) in [6.45, 7) is 0.622. The molecule has 4 nitrogen and oxygen atoms in total. The second-order valence-electron chi connectivity index (χ2n) is 4.27. The standard InChI is InChI=1S/C13H20N2O2/c1-15(2)9-8-13(17)14-12(10-16)11-6-4-3-5-7-11/h3-7,12,16H,8-10H2,1-2H3,(H,14,17). The number of aliphatic hydroxyl groups is 1. The Hall–Kier alpha value is -1.39. The highest BCUT2D eigenvalue weighted by Gasteiger charge is 2.12. The van der Waals surface area contributed by atoms with Gasteiger partial charge in [-0.3, -0.25) is 4.79 Å². The zero-order valence-corrected chi connectivity index (χ0v) is 10.4. The molecule has 1 aromatic carbocycles. The summed E-state index contributed by atoms with van der Waals surface area (Å²) in [5.41, 5.74) is 0.924. The summed E-state index contributed by atoms with van der Waals surface area (Å²) >= 11 is 0. The van der Waals surface area contributed by atoms with Crippen molar-refractivity contribution in [1.82, 2.24) is 10.2 Å². The van der Waals surface area contributed by atoms with E-state index in [1.165, 1.54) is 0 Å². The third-order valence-electron chi connectivity index (χ3n) is 2.51. The van der Waals surface area contributed by atoms with Crippen LogP contribution >= 0.6 is 0 Å². The van der Waals surface area contributed by atoms with Crippen molar-refractivity contribution < 1.29 is 9.90 Å². The van der Waals surface area contributed by atoms with Crippen LogP contribution in [-0.2, 0) is 4.79 Å². The number of carbonyl (C=O) groups excluding carboxylic acids is 1. The van der Waals surface area contributed by atoms with Gasteiger partial charge in [-0.25, -0.2) is 0 Å². The van der Waals surface area contributed by atoms with Gasteiger partial charge in [0, 0.05) is 13.0 Å². The van der Waals surface area contributed by atoms with E-state index < -0.39 is 0 Å². The molecule has 0 saturated carbocycles. The molecule has 1 amide bonds. The average Bonchev–Trinajstić information content (AvgIpc) is 2.34. The van der Waals surface area contributed by atoms with E-state index in [-0.39, 0.29) is 18.6 Å². The Bertz CT molecular complexity index is 339. The van der Waals surface area contributed by atoms with Crippen molar-refractivity contribution in [3.05, 3.63) is 35.9 Å². The molecule has 0 spiro atoms. The number of hydrogen-bond donors (Lipinski definition) is 2. The molecule has 2 N–H and O–H groups in total. The number of nitrogens with zero attached hydrogens (tertiary/aromatic N) is 1. The predicted octanol–water partition coefficient (Wildman–Crippen LogP) is 0.788. The Labute approximate surface area is 102 Å². The van der Waals surface area contributed by atoms with E-state index in [2.05, 4.69) is 5.32 Å². The molecule has 17 heavy (non-hydrogen) atoms. The van der Waals surface area contributed by atoms with Gasteiger partial charge in [0.1, 0.15) is 0 Å². The lowest BCUT2D eigenvalue weighted by molar-refractivity contribution is -0.122. The maximum Gasteiger partial charge on any atom is 0.221 e. The second-order valence-corrected chi connectivity index (χ2v) is 4.27. The Morgan fingerprint density at radius 1 is 1.35 bits per heavy atom. The van der Waals surface area contributed by atoms with Crippen LogP contribution in [0.3, 0.4) is 0 Å². The Morgan fingerprint density at radius 3 is 2.53 bits per heavy atom. The number of benzene rings is 1. The van der Waals surface area contributed by atoms with Gasteiger partial charge in [-0.05, 0) is 19.7 Å². The van der Waals surface area contributed by atoms with Crippen LogP contribution < -0.4 is 5.32 Å². The zero-order valence-electron chi connectivity index (χ0n) is 10.4. The highest BCUT2D eigenvalue weighted by atomic mass is 16.3. The minimum Gasteiger partial charge on any atom is -0.394 e. The van der Waals surface area contributed by atoms with Crippen LogP contribution in [0.15, 0.2) is 30.3 Å². The molecular formula is C13H20N2O2. The van der Waals surface area contributed by atoms with Crippen molar-refractivity contribution in [3.8, 4) is 0 Å². The fourth-order valence-corrected chi connectivity index (χ4v) is 1.51. The summed E-state index contributed by atoms with van der Waals surface area (Å²) in [4.78, 5) is 13.6. The van der Waals surface area contributed by atoms with Crippen molar-refractivity contribution in [2.75, 3.05) is 27.2 Å². The minimum absolute atomic E-state index is 0.0402. The molecule has 0 fully saturated rings. The van der Waals surface area contributed by atoms with Crippen LogP contribution in [-0.4, -0.2) is 43.2 Å². The summed E-state index contributed by atoms with van der Waals surface area (Å²) < 4.78 is 0. The molecule has 1 atom stereocenters. The first kappa shape index (κ1) is 13.7. The molecule has 4 heteroatoms. The summed E-state index contributed by atoms with van der Waals surface area (Å²) in [7, 11) is 3.85. The molecule has 0 saturated heterocycles. The maximum atomic E-state index is 11.6. The van der Waals surface area contributed by atoms with Gasteiger partial charge >= 0.3 is 0 Å². The summed E-state index contributed by atoms with van der Waals surface area (Å²) in [6, 6.07) is 9.17. The normalized spacial score (nSPS) is 12.5. The smallest absolute Gasteiger partial charge is 0.221 e. The fourth-order valence-electron chi connectivity index (χ4n) is 1.51. The number of hydrogen-bond acceptors (Lipinski definition) is 3. The molecule has 0 radical (unpaired) electrons. The van der Waals surface area contributed by atoms with Crippen LogP contribution in [0, 0.1) is 0 Å². The lowest BCUT2D eigenvalue weighted by Crippen LogP contribution is -2.32. The zero-order chi connectivity index (χ0) is 12.7. The SMILES string of the molecule is CN(C)CCC(=O)NC(CO)c1ccccc1. The molecule has 0 heterocycles. The fraction of sp³-hybridized carbons (Fsp3) is 0.462. The summed E-state index contributed by atoms with van der Waals surface area (Å²) in [6.07, 6.45) is 0.441. The molecule has 0 aliphatic rings. The average molecular weight is 236 g/mol. The number of amides is 1. The van der Waals surface area contributed by atoms with E-state index >= 15 is 0 Å². The van der Waals surface area contributed by atoms with E-state index in [0.717, 1.165) is 5.56 Å². The minimum atomic E-state index is -0.314. The van der Waals surface area contributed by atoms with E-state index in [4.69, 9.17) is 0 Å². The lowest BCUT2D eigenvalue weighted by atomic mass is 10.1. The quantitative estimate of drug-likeness (QED) is 0.767. The molecule has 94 valence electrons. The van der Waals surface area contributed by atoms with Crippen LogP contribution in [0.4, 0.5) is 0 Å². The van der Waals surface area contributed by atoms with Gasteiger partial charge in [-0.15, -0.1) is 0 Å². The molecule has 1 unspecified atom stereocenters. The predicted molar refractivity (Wildman–Crippen MR) is 67.6 cm³/mol. The van der Waals surface area contributed by atoms with Gasteiger partial charge < -0.3 is 15.3 Å². The molecule has 1 rings (SSSR count). The summed E-state index contributed by atoms with van der Waals surface area (Å²) in [5, 5.41) is 12.1. The van der Waals surface area contributed by atoms with Crippen LogP contribution in [0.5, 0.6) is 0 Å². The molecule has 0 aromatic heterocycles. The first-order valence-electron chi connectivity index (χ1n) is 5.73. The maximum absolute atomic E-state index is 11.6. The van der Waals surface area contributed by atoms with Gasteiger partial charge in [-0.1, -0.05) is 30.3 Å². The monoisotopic (exact) mass is 236 g/mol. The molecule has 0 aliphatic heterocycles. The first-order chi connectivity index (χ1) is 8.13. The van der Waals surface area contributed by atoms with Gasteiger partial charge in [0.05, 0.1) is 12.6 Å². The van der Waals surface area contributed by atoms with Gasteiger partial charge in [0.25, 0.3) is 0 Å². The Kier molecular flexibility index (Phi) is 5.66. The van der Waals surface area contributed by atoms with Crippen molar-refractivity contribution in [2.45, 2.75) is 12.5 Å². The highest BCUT2D eigenvalue weighted by molar-refractivity contribution is 5.76. The van der Waals surface area contributed by atoms with Crippen LogP contribution in [0.25, 0.3) is 0 Å². The van der Waals surface area contributed by atoms with E-state index in [1.54, 1.807) is 0 Å². The topological polar surface area (TPSA) is 52.6 Å². The highest BCUT2D eigenvalue weighted by Crippen LogP contribution is 2.11. The van der Waals surface area contributed by atoms with Crippen molar-refractivity contribution >= 4 is 5.91 Å².